The normalized spacial score (nSPS) is 16.9. The van der Waals surface area contributed by atoms with Crippen molar-refractivity contribution in [1.82, 2.24) is 25.5 Å². The van der Waals surface area contributed by atoms with Gasteiger partial charge in [-0.2, -0.15) is 14.0 Å². The summed E-state index contributed by atoms with van der Waals surface area (Å²) < 4.78 is 39.2. The summed E-state index contributed by atoms with van der Waals surface area (Å²) in [5, 5.41) is 13.4. The summed E-state index contributed by atoms with van der Waals surface area (Å²) in [5.41, 5.74) is -0.396. The molecule has 1 aliphatic heterocycles. The number of aromatic amines is 1. The lowest BCUT2D eigenvalue weighted by Gasteiger charge is -2.17. The molecule has 32 heavy (non-hydrogen) atoms. The highest BCUT2D eigenvalue weighted by molar-refractivity contribution is 5.96. The number of aromatic nitrogens is 4. The smallest absolute Gasteiger partial charge is 0.410 e. The molecule has 3 aromatic rings. The minimum atomic E-state index is -3.67. The van der Waals surface area contributed by atoms with E-state index in [0.717, 1.165) is 6.08 Å². The van der Waals surface area contributed by atoms with E-state index in [9.17, 15) is 18.4 Å². The Hall–Kier alpha value is -4.15. The Morgan fingerprint density at radius 3 is 2.81 bits per heavy atom. The molecular weight excluding hydrogens is 424 g/mol. The van der Waals surface area contributed by atoms with Crippen LogP contribution in [-0.2, 0) is 15.5 Å². The van der Waals surface area contributed by atoms with Crippen LogP contribution in [0.3, 0.4) is 0 Å². The van der Waals surface area contributed by atoms with Crippen molar-refractivity contribution < 1.29 is 27.5 Å². The zero-order chi connectivity index (χ0) is 22.6. The van der Waals surface area contributed by atoms with Crippen molar-refractivity contribution in [2.75, 3.05) is 13.2 Å². The van der Waals surface area contributed by atoms with E-state index in [-0.39, 0.29) is 13.2 Å². The van der Waals surface area contributed by atoms with Crippen LogP contribution in [-0.4, -0.2) is 56.6 Å². The molecule has 1 saturated heterocycles. The third-order valence-electron chi connectivity index (χ3n) is 4.70. The van der Waals surface area contributed by atoms with Crippen molar-refractivity contribution in [2.24, 2.45) is 0 Å². The number of furan rings is 1. The Bertz CT molecular complexity index is 1140. The number of cyclic esters (lactones) is 1. The monoisotopic (exact) mass is 441 g/mol. The fraction of sp³-hybridized carbons (Fsp3) is 0.190. The molecule has 164 valence electrons. The lowest BCUT2D eigenvalue weighted by atomic mass is 10.0. The number of carbonyl (C=O) groups is 2. The average Bonchev–Trinajstić information content (AvgIpc) is 3.55. The van der Waals surface area contributed by atoms with E-state index in [4.69, 9.17) is 9.15 Å². The Labute approximate surface area is 180 Å². The van der Waals surface area contributed by atoms with E-state index in [0.29, 0.717) is 17.3 Å². The lowest BCUT2D eigenvalue weighted by molar-refractivity contribution is -0.138. The quantitative estimate of drug-likeness (QED) is 0.534. The molecule has 0 aliphatic carbocycles. The molecule has 11 heteroatoms. The first-order valence-electron chi connectivity index (χ1n) is 9.54. The number of benzene rings is 1. The Morgan fingerprint density at radius 1 is 1.25 bits per heavy atom. The van der Waals surface area contributed by atoms with Crippen LogP contribution in [0.15, 0.2) is 65.1 Å². The number of rotatable bonds is 8. The van der Waals surface area contributed by atoms with Gasteiger partial charge in [0.25, 0.3) is 0 Å². The number of H-pyrrole nitrogens is 1. The molecule has 0 radical (unpaired) electrons. The van der Waals surface area contributed by atoms with Gasteiger partial charge in [0.05, 0.1) is 6.04 Å². The van der Waals surface area contributed by atoms with Gasteiger partial charge in [0, 0.05) is 12.1 Å². The minimum absolute atomic E-state index is 0.0455. The second-order valence-electron chi connectivity index (χ2n) is 6.80. The predicted octanol–water partition coefficient (Wildman–Crippen LogP) is 3.21. The van der Waals surface area contributed by atoms with Gasteiger partial charge in [0.1, 0.15) is 12.4 Å². The standard InChI is InChI=1S/C21H17F2N5O4/c22-21(23,14-5-2-1-3-6-14)18(29)11-8-15-13-31-20(30)28(15)12-4-7-16-9-10-17(32-16)19-24-26-27-25-19/h1-11,15H,12-13H2,(H,24,25,26,27)/b7-4+,11-8+. The number of alkyl halides is 2. The molecule has 1 atom stereocenters. The molecule has 1 fully saturated rings. The number of hydrogen-bond acceptors (Lipinski definition) is 7. The van der Waals surface area contributed by atoms with Gasteiger partial charge in [-0.1, -0.05) is 42.5 Å². The molecule has 4 rings (SSSR count). The largest absolute Gasteiger partial charge is 0.453 e. The number of hydrogen-bond donors (Lipinski definition) is 1. The summed E-state index contributed by atoms with van der Waals surface area (Å²) in [6.07, 6.45) is 4.70. The van der Waals surface area contributed by atoms with Crippen molar-refractivity contribution in [1.29, 1.82) is 0 Å². The molecule has 1 N–H and O–H groups in total. The van der Waals surface area contributed by atoms with Gasteiger partial charge in [0.15, 0.2) is 5.76 Å². The van der Waals surface area contributed by atoms with Gasteiger partial charge < -0.3 is 9.15 Å². The van der Waals surface area contributed by atoms with Crippen LogP contribution in [0, 0.1) is 0 Å². The van der Waals surface area contributed by atoms with Crippen LogP contribution in [0.25, 0.3) is 17.7 Å². The van der Waals surface area contributed by atoms with Gasteiger partial charge in [-0.25, -0.2) is 4.79 Å². The number of ether oxygens (including phenoxy) is 1. The fourth-order valence-corrected chi connectivity index (χ4v) is 3.04. The number of halogens is 2. The average molecular weight is 441 g/mol. The number of amides is 1. The second-order valence-corrected chi connectivity index (χ2v) is 6.80. The highest BCUT2D eigenvalue weighted by Crippen LogP contribution is 2.29. The molecule has 1 aliphatic rings. The number of carbonyl (C=O) groups excluding carboxylic acids is 2. The van der Waals surface area contributed by atoms with E-state index in [1.807, 2.05) is 0 Å². The van der Waals surface area contributed by atoms with Crippen molar-refractivity contribution in [3.05, 3.63) is 72.0 Å². The number of nitrogens with one attached hydrogen (secondary N) is 1. The molecule has 0 spiro atoms. The molecule has 0 bridgehead atoms. The topological polar surface area (TPSA) is 114 Å². The van der Waals surface area contributed by atoms with E-state index >= 15 is 0 Å². The molecule has 1 unspecified atom stereocenters. The van der Waals surface area contributed by atoms with Gasteiger partial charge in [0.2, 0.25) is 11.6 Å². The summed E-state index contributed by atoms with van der Waals surface area (Å²) in [4.78, 5) is 25.4. The molecular formula is C21H17F2N5O4. The van der Waals surface area contributed by atoms with Crippen LogP contribution in [0.2, 0.25) is 0 Å². The molecule has 0 saturated carbocycles. The van der Waals surface area contributed by atoms with E-state index in [1.54, 1.807) is 30.4 Å². The zero-order valence-corrected chi connectivity index (χ0v) is 16.5. The summed E-state index contributed by atoms with van der Waals surface area (Å²) >= 11 is 0. The van der Waals surface area contributed by atoms with Crippen LogP contribution in [0.1, 0.15) is 11.3 Å². The maximum atomic E-state index is 14.3. The van der Waals surface area contributed by atoms with Crippen LogP contribution in [0.4, 0.5) is 13.6 Å². The molecule has 3 heterocycles. The SMILES string of the molecule is O=C1OCC(/C=C/C(=O)C(F)(F)c2ccccc2)N1C/C=C/c1ccc(-c2nn[nH]n2)o1. The molecule has 1 amide bonds. The van der Waals surface area contributed by atoms with E-state index < -0.39 is 29.4 Å². The summed E-state index contributed by atoms with van der Waals surface area (Å²) in [5.74, 6) is -3.83. The predicted molar refractivity (Wildman–Crippen MR) is 107 cm³/mol. The Morgan fingerprint density at radius 2 is 2.06 bits per heavy atom. The third kappa shape index (κ3) is 4.46. The van der Waals surface area contributed by atoms with Gasteiger partial charge in [-0.05, 0) is 29.5 Å². The first-order valence-corrected chi connectivity index (χ1v) is 9.54. The van der Waals surface area contributed by atoms with Crippen molar-refractivity contribution in [3.8, 4) is 11.6 Å². The highest BCUT2D eigenvalue weighted by atomic mass is 19.3. The van der Waals surface area contributed by atoms with Gasteiger partial charge in [-0.15, -0.1) is 10.2 Å². The first kappa shape index (κ1) is 21.1. The van der Waals surface area contributed by atoms with Gasteiger partial charge >= 0.3 is 12.0 Å². The number of allylic oxidation sites excluding steroid dienone is 1. The highest BCUT2D eigenvalue weighted by Gasteiger charge is 2.39. The fourth-order valence-electron chi connectivity index (χ4n) is 3.04. The minimum Gasteiger partial charge on any atom is -0.453 e. The van der Waals surface area contributed by atoms with Gasteiger partial charge in [-0.3, -0.25) is 9.69 Å². The summed E-state index contributed by atoms with van der Waals surface area (Å²) in [7, 11) is 0. The first-order chi connectivity index (χ1) is 15.4. The lowest BCUT2D eigenvalue weighted by Crippen LogP contribution is -2.32. The molecule has 9 nitrogen and oxygen atoms in total. The zero-order valence-electron chi connectivity index (χ0n) is 16.5. The summed E-state index contributed by atoms with van der Waals surface area (Å²) in [6.45, 7) is 0.0748. The Balaban J connectivity index is 1.39. The number of nitrogens with zero attached hydrogens (tertiary/aromatic N) is 4. The summed E-state index contributed by atoms with van der Waals surface area (Å²) in [6, 6.07) is 9.51. The third-order valence-corrected chi connectivity index (χ3v) is 4.70. The number of ketones is 1. The van der Waals surface area contributed by atoms with Crippen LogP contribution in [0.5, 0.6) is 0 Å². The molecule has 1 aromatic carbocycles. The Kier molecular flexibility index (Phi) is 5.88. The van der Waals surface area contributed by atoms with E-state index in [1.165, 1.54) is 35.2 Å². The van der Waals surface area contributed by atoms with Crippen LogP contribution >= 0.6 is 0 Å². The maximum Gasteiger partial charge on any atom is 0.410 e. The van der Waals surface area contributed by atoms with Crippen LogP contribution < -0.4 is 0 Å². The van der Waals surface area contributed by atoms with Crippen molar-refractivity contribution in [2.45, 2.75) is 12.0 Å². The van der Waals surface area contributed by atoms with Crippen molar-refractivity contribution in [3.63, 3.8) is 0 Å². The molecule has 2 aromatic heterocycles. The van der Waals surface area contributed by atoms with Crippen molar-refractivity contribution >= 4 is 18.0 Å². The maximum absolute atomic E-state index is 14.3. The van der Waals surface area contributed by atoms with E-state index in [2.05, 4.69) is 20.6 Å². The second kappa shape index (κ2) is 8.92. The number of tetrazole rings is 1.